The predicted octanol–water partition coefficient (Wildman–Crippen LogP) is 8.20. The van der Waals surface area contributed by atoms with Gasteiger partial charge in [-0.3, -0.25) is 14.9 Å². The summed E-state index contributed by atoms with van der Waals surface area (Å²) >= 11 is 7.44. The van der Waals surface area contributed by atoms with Crippen LogP contribution in [0, 0.1) is 10.1 Å². The van der Waals surface area contributed by atoms with E-state index in [1.54, 1.807) is 31.3 Å². The van der Waals surface area contributed by atoms with Crippen LogP contribution in [0.5, 0.6) is 0 Å². The molecular weight excluding hydrogens is 712 g/mol. The second-order valence-electron chi connectivity index (χ2n) is 12.1. The zero-order valence-corrected chi connectivity index (χ0v) is 30.5. The van der Waals surface area contributed by atoms with Crippen LogP contribution in [0.1, 0.15) is 17.5 Å². The van der Waals surface area contributed by atoms with Gasteiger partial charge in [-0.2, -0.15) is 0 Å². The number of carbonyl (C=O) groups is 1. The van der Waals surface area contributed by atoms with Crippen molar-refractivity contribution in [3.63, 3.8) is 0 Å². The third kappa shape index (κ3) is 9.71. The number of carboxylic acid groups (broad SMARTS) is 1. The molecule has 1 saturated heterocycles. The fraction of sp³-hybridized carbons (Fsp3) is 0.154. The number of halogens is 1. The van der Waals surface area contributed by atoms with Crippen molar-refractivity contribution in [3.05, 3.63) is 148 Å². The second-order valence-corrected chi connectivity index (χ2v) is 13.4. The molecule has 0 bridgehead atoms. The molecule has 0 amide bonds. The highest BCUT2D eigenvalue weighted by atomic mass is 35.5. The number of anilines is 5. The Kier molecular flexibility index (Phi) is 12.2. The zero-order chi connectivity index (χ0) is 37.2. The lowest BCUT2D eigenvalue weighted by molar-refractivity contribution is -0.383. The molecule has 0 unspecified atom stereocenters. The Morgan fingerprint density at radius 1 is 0.792 bits per heavy atom. The molecule has 1 aliphatic rings. The average Bonchev–Trinajstić information content (AvgIpc) is 3.19. The summed E-state index contributed by atoms with van der Waals surface area (Å²) in [5, 5.41) is 22.2. The summed E-state index contributed by atoms with van der Waals surface area (Å²) in [4.78, 5) is 29.0. The van der Waals surface area contributed by atoms with Gasteiger partial charge < -0.3 is 35.9 Å². The van der Waals surface area contributed by atoms with Gasteiger partial charge in [0.15, 0.2) is 0 Å². The van der Waals surface area contributed by atoms with E-state index in [4.69, 9.17) is 11.6 Å². The number of nitrogens with zero attached hydrogens (tertiary/aromatic N) is 3. The van der Waals surface area contributed by atoms with Crippen molar-refractivity contribution in [3.8, 4) is 0 Å². The van der Waals surface area contributed by atoms with Crippen molar-refractivity contribution >= 4 is 74.9 Å². The van der Waals surface area contributed by atoms with E-state index in [0.29, 0.717) is 27.7 Å². The lowest BCUT2D eigenvalue weighted by atomic mass is 9.96. The Bertz CT molecular complexity index is 2060. The van der Waals surface area contributed by atoms with Gasteiger partial charge in [0.1, 0.15) is 5.69 Å². The fourth-order valence-electron chi connectivity index (χ4n) is 6.01. The number of hydrazine groups is 2. The molecule has 0 radical (unpaired) electrons. The van der Waals surface area contributed by atoms with Crippen molar-refractivity contribution in [2.45, 2.75) is 11.3 Å². The van der Waals surface area contributed by atoms with Crippen LogP contribution < -0.4 is 36.2 Å². The Hall–Kier alpha value is -5.89. The number of nitro groups is 1. The molecule has 5 aromatic rings. The maximum Gasteiger partial charge on any atom is 0.307 e. The highest BCUT2D eigenvalue weighted by Crippen LogP contribution is 2.33. The summed E-state index contributed by atoms with van der Waals surface area (Å²) in [7, 11) is 1.74. The quantitative estimate of drug-likeness (QED) is 0.0265. The van der Waals surface area contributed by atoms with Gasteiger partial charge in [-0.25, -0.2) is 5.43 Å². The van der Waals surface area contributed by atoms with E-state index in [0.717, 1.165) is 59.3 Å². The number of nitro benzene ring substituents is 1. The number of rotatable bonds is 15. The fourth-order valence-corrected chi connectivity index (χ4v) is 6.83. The molecule has 6 rings (SSSR count). The van der Waals surface area contributed by atoms with Crippen molar-refractivity contribution in [1.82, 2.24) is 10.9 Å². The van der Waals surface area contributed by atoms with Gasteiger partial charge in [0.2, 0.25) is 0 Å². The molecule has 0 spiro atoms. The molecule has 0 saturated carbocycles. The van der Waals surface area contributed by atoms with Crippen LogP contribution in [0.4, 0.5) is 34.1 Å². The van der Waals surface area contributed by atoms with Gasteiger partial charge in [-0.1, -0.05) is 54.1 Å². The van der Waals surface area contributed by atoms with Gasteiger partial charge in [0, 0.05) is 60.6 Å². The number of benzene rings is 5. The molecule has 0 aromatic heterocycles. The first kappa shape index (κ1) is 36.9. The van der Waals surface area contributed by atoms with Gasteiger partial charge in [0.05, 0.1) is 28.4 Å². The van der Waals surface area contributed by atoms with Gasteiger partial charge in [-0.05, 0) is 101 Å². The molecule has 0 atom stereocenters. The number of carboxylic acids is 1. The van der Waals surface area contributed by atoms with Crippen molar-refractivity contribution in [2.75, 3.05) is 58.6 Å². The Morgan fingerprint density at radius 3 is 2.11 bits per heavy atom. The lowest BCUT2D eigenvalue weighted by Crippen LogP contribution is -2.46. The van der Waals surface area contributed by atoms with Crippen molar-refractivity contribution in [2.24, 2.45) is 0 Å². The molecule has 53 heavy (non-hydrogen) atoms. The topological polar surface area (TPSA) is 147 Å². The standard InChI is InChI=1S/C39H39ClN8O4S/c1-41-44-39(27-10-12-29(40)13-11-27)35(26-38(49)50)28-6-5-7-33(24-28)47-22-20-46(21-23-47)32-17-14-30(15-18-32)42-43-31-16-19-36(37(25-31)48(51)52)45-53-34-8-3-2-4-9-34/h2-19,24-25,41-45H,20-23,26H2,1H3,(H,49,50)/b39-35+. The molecule has 5 aromatic carbocycles. The lowest BCUT2D eigenvalue weighted by Gasteiger charge is -2.37. The minimum absolute atomic E-state index is 0.0351. The number of aliphatic carboxylic acids is 1. The molecule has 1 heterocycles. The molecule has 1 aliphatic heterocycles. The van der Waals surface area contributed by atoms with Gasteiger partial charge >= 0.3 is 5.97 Å². The number of piperazine rings is 1. The largest absolute Gasteiger partial charge is 0.481 e. The first-order valence-electron chi connectivity index (χ1n) is 16.9. The Labute approximate surface area is 317 Å². The summed E-state index contributed by atoms with van der Waals surface area (Å²) in [6, 6.07) is 37.9. The Balaban J connectivity index is 1.07. The molecule has 14 heteroatoms. The van der Waals surface area contributed by atoms with E-state index in [1.807, 2.05) is 78.9 Å². The highest BCUT2D eigenvalue weighted by Gasteiger charge is 2.21. The average molecular weight is 751 g/mol. The zero-order valence-electron chi connectivity index (χ0n) is 28.9. The van der Waals surface area contributed by atoms with Gasteiger partial charge in [-0.15, -0.1) is 0 Å². The summed E-state index contributed by atoms with van der Waals surface area (Å²) < 4.78 is 3.08. The monoisotopic (exact) mass is 750 g/mol. The van der Waals surface area contributed by atoms with Crippen LogP contribution in [-0.2, 0) is 4.79 Å². The van der Waals surface area contributed by atoms with Crippen molar-refractivity contribution in [1.29, 1.82) is 0 Å². The van der Waals surface area contributed by atoms with Crippen LogP contribution in [0.2, 0.25) is 5.02 Å². The summed E-state index contributed by atoms with van der Waals surface area (Å²) in [6.07, 6.45) is -0.164. The van der Waals surface area contributed by atoms with Crippen LogP contribution in [0.3, 0.4) is 0 Å². The maximum atomic E-state index is 12.0. The molecule has 12 nitrogen and oxygen atoms in total. The smallest absolute Gasteiger partial charge is 0.307 e. The van der Waals surface area contributed by atoms with E-state index < -0.39 is 10.9 Å². The summed E-state index contributed by atoms with van der Waals surface area (Å²) in [5.74, 6) is -0.926. The second kappa shape index (κ2) is 17.6. The molecular formula is C39H39ClN8O4S. The van der Waals surface area contributed by atoms with Gasteiger partial charge in [0.25, 0.3) is 5.69 Å². The van der Waals surface area contributed by atoms with Crippen molar-refractivity contribution < 1.29 is 14.8 Å². The predicted molar refractivity (Wildman–Crippen MR) is 216 cm³/mol. The number of nitrogens with one attached hydrogen (secondary N) is 5. The van der Waals surface area contributed by atoms with E-state index in [2.05, 4.69) is 48.4 Å². The minimum Gasteiger partial charge on any atom is -0.481 e. The van der Waals surface area contributed by atoms with Crippen LogP contribution in [0.15, 0.2) is 126 Å². The van der Waals surface area contributed by atoms with Crippen LogP contribution in [0.25, 0.3) is 11.3 Å². The van der Waals surface area contributed by atoms with Crippen LogP contribution >= 0.6 is 23.5 Å². The third-order valence-electron chi connectivity index (χ3n) is 8.65. The molecule has 0 aliphatic carbocycles. The number of hydrogen-bond acceptors (Lipinski definition) is 11. The van der Waals surface area contributed by atoms with Crippen LogP contribution in [-0.4, -0.2) is 49.2 Å². The number of hydrogen-bond donors (Lipinski definition) is 6. The van der Waals surface area contributed by atoms with E-state index >= 15 is 0 Å². The molecule has 6 N–H and O–H groups in total. The first-order chi connectivity index (χ1) is 25.8. The van der Waals surface area contributed by atoms with E-state index in [1.165, 1.54) is 18.0 Å². The normalized spacial score (nSPS) is 13.2. The maximum absolute atomic E-state index is 12.0. The third-order valence-corrected chi connectivity index (χ3v) is 9.73. The SMILES string of the molecule is CNN/C(=C(\CC(=O)O)c1cccc(N2CCN(c3ccc(NNc4ccc(NSc5ccccc5)c([N+](=O)[O-])c4)cc3)CC2)c1)c1ccc(Cl)cc1. The Morgan fingerprint density at radius 2 is 1.45 bits per heavy atom. The minimum atomic E-state index is -0.926. The highest BCUT2D eigenvalue weighted by molar-refractivity contribution is 8.00. The molecule has 272 valence electrons. The first-order valence-corrected chi connectivity index (χ1v) is 18.1. The van der Waals surface area contributed by atoms with E-state index in [-0.39, 0.29) is 12.1 Å². The molecule has 1 fully saturated rings. The van der Waals surface area contributed by atoms with E-state index in [9.17, 15) is 20.0 Å². The summed E-state index contributed by atoms with van der Waals surface area (Å²) in [5.41, 5.74) is 19.1. The summed E-state index contributed by atoms with van der Waals surface area (Å²) in [6.45, 7) is 3.18.